The first kappa shape index (κ1) is 32.9. The van der Waals surface area contributed by atoms with Gasteiger partial charge in [-0.3, -0.25) is 19.2 Å². The van der Waals surface area contributed by atoms with Crippen molar-refractivity contribution < 1.29 is 28.7 Å². The molecule has 3 aliphatic heterocycles. The molecule has 4 amide bonds. The fourth-order valence-corrected chi connectivity index (χ4v) is 8.05. The second kappa shape index (κ2) is 13.3. The molecule has 6 rings (SSSR count). The number of likely N-dealkylation sites (tertiary alicyclic amines) is 2. The van der Waals surface area contributed by atoms with Crippen molar-refractivity contribution in [2.75, 3.05) is 46.4 Å². The molecule has 12 heteroatoms. The quantitative estimate of drug-likeness (QED) is 0.402. The van der Waals surface area contributed by atoms with Crippen LogP contribution in [0.25, 0.3) is 0 Å². The van der Waals surface area contributed by atoms with Gasteiger partial charge in [-0.1, -0.05) is 33.1 Å². The van der Waals surface area contributed by atoms with E-state index in [4.69, 9.17) is 9.47 Å². The fourth-order valence-electron chi connectivity index (χ4n) is 8.05. The third kappa shape index (κ3) is 6.70. The summed E-state index contributed by atoms with van der Waals surface area (Å²) in [5.41, 5.74) is -0.133. The van der Waals surface area contributed by atoms with Gasteiger partial charge in [-0.05, 0) is 56.8 Å². The van der Waals surface area contributed by atoms with Crippen molar-refractivity contribution in [3.05, 3.63) is 18.0 Å². The van der Waals surface area contributed by atoms with E-state index in [1.807, 2.05) is 11.8 Å². The van der Waals surface area contributed by atoms with Gasteiger partial charge in [-0.15, -0.1) is 0 Å². The molecule has 2 N–H and O–H groups in total. The second-order valence-corrected chi connectivity index (χ2v) is 15.2. The lowest BCUT2D eigenvalue weighted by Gasteiger charge is -2.50. The molecule has 1 aromatic heterocycles. The van der Waals surface area contributed by atoms with E-state index in [9.17, 15) is 19.2 Å². The monoisotopic (exact) mass is 640 g/mol. The standard InChI is InChI=1S/C34H52N6O6/c1-22(46-18-23-10-6-5-7-11-23)28(30(42)35-4)37-29(41)26-17-38(19-34(26)20-39(21-34)32(44)25-14-33(25,2)3)31(43)24-15-36-40(16-24)27-12-8-9-13-45-27/h15-16,22-23,25-28H,5-14,17-21H2,1-4H3,(H,35,42)(H,37,41)/t22-,25-,26+,27?,28+/m1/s1. The van der Waals surface area contributed by atoms with Crippen LogP contribution in [0, 0.1) is 28.6 Å². The lowest BCUT2D eigenvalue weighted by molar-refractivity contribution is -0.152. The third-order valence-corrected chi connectivity index (χ3v) is 11.3. The van der Waals surface area contributed by atoms with Crippen molar-refractivity contribution in [1.82, 2.24) is 30.2 Å². The summed E-state index contributed by atoms with van der Waals surface area (Å²) in [6.07, 6.45) is 12.3. The summed E-state index contributed by atoms with van der Waals surface area (Å²) in [5.74, 6) is -0.784. The van der Waals surface area contributed by atoms with Crippen molar-refractivity contribution in [3.8, 4) is 0 Å². The lowest BCUT2D eigenvalue weighted by Crippen LogP contribution is -2.65. The summed E-state index contributed by atoms with van der Waals surface area (Å²) in [5, 5.41) is 10.1. The fraction of sp³-hybridized carbons (Fsp3) is 0.794. The molecule has 0 aromatic carbocycles. The minimum Gasteiger partial charge on any atom is -0.376 e. The normalized spacial score (nSPS) is 28.3. The van der Waals surface area contributed by atoms with Gasteiger partial charge in [0.25, 0.3) is 5.91 Å². The number of likely N-dealkylation sites (N-methyl/N-ethyl adjacent to an activating group) is 1. The Morgan fingerprint density at radius 3 is 2.37 bits per heavy atom. The smallest absolute Gasteiger partial charge is 0.257 e. The summed E-state index contributed by atoms with van der Waals surface area (Å²) in [7, 11) is 1.56. The number of nitrogens with zero attached hydrogens (tertiary/aromatic N) is 4. The number of nitrogens with one attached hydrogen (secondary N) is 2. The van der Waals surface area contributed by atoms with Crippen LogP contribution < -0.4 is 10.6 Å². The van der Waals surface area contributed by atoms with Gasteiger partial charge < -0.3 is 29.9 Å². The number of amides is 4. The van der Waals surface area contributed by atoms with Gasteiger partial charge in [-0.2, -0.15) is 5.10 Å². The molecule has 0 bridgehead atoms. The first-order valence-electron chi connectivity index (χ1n) is 17.4. The van der Waals surface area contributed by atoms with E-state index in [0.717, 1.165) is 38.5 Å². The van der Waals surface area contributed by atoms with Crippen LogP contribution >= 0.6 is 0 Å². The Morgan fingerprint density at radius 1 is 1.02 bits per heavy atom. The highest BCUT2D eigenvalue weighted by atomic mass is 16.5. The third-order valence-electron chi connectivity index (χ3n) is 11.3. The van der Waals surface area contributed by atoms with Gasteiger partial charge in [0.15, 0.2) is 0 Å². The number of carbonyl (C=O) groups excluding carboxylic acids is 4. The molecular formula is C34H52N6O6. The van der Waals surface area contributed by atoms with Crippen LogP contribution in [-0.4, -0.2) is 102 Å². The molecule has 0 radical (unpaired) electrons. The molecule has 1 spiro atoms. The molecule has 2 aliphatic carbocycles. The van der Waals surface area contributed by atoms with E-state index in [2.05, 4.69) is 29.6 Å². The zero-order valence-corrected chi connectivity index (χ0v) is 28.0. The van der Waals surface area contributed by atoms with Crippen molar-refractivity contribution in [2.24, 2.45) is 28.6 Å². The second-order valence-electron chi connectivity index (χ2n) is 15.2. The molecule has 1 unspecified atom stereocenters. The molecule has 254 valence electrons. The van der Waals surface area contributed by atoms with Crippen molar-refractivity contribution in [3.63, 3.8) is 0 Å². The Hall–Kier alpha value is -2.99. The maximum absolute atomic E-state index is 14.1. The summed E-state index contributed by atoms with van der Waals surface area (Å²) < 4.78 is 13.7. The van der Waals surface area contributed by atoms with Crippen LogP contribution in [0.5, 0.6) is 0 Å². The number of rotatable bonds is 10. The van der Waals surface area contributed by atoms with Crippen LogP contribution in [0.2, 0.25) is 0 Å². The van der Waals surface area contributed by atoms with Gasteiger partial charge in [0.1, 0.15) is 12.3 Å². The summed E-state index contributed by atoms with van der Waals surface area (Å²) in [6, 6.07) is -0.873. The van der Waals surface area contributed by atoms with Gasteiger partial charge in [-0.25, -0.2) is 4.68 Å². The molecule has 2 saturated carbocycles. The molecule has 5 atom stereocenters. The van der Waals surface area contributed by atoms with Crippen LogP contribution in [0.4, 0.5) is 0 Å². The Bertz CT molecular complexity index is 1290. The lowest BCUT2D eigenvalue weighted by atomic mass is 9.70. The van der Waals surface area contributed by atoms with E-state index in [0.29, 0.717) is 44.3 Å². The Balaban J connectivity index is 1.16. The van der Waals surface area contributed by atoms with Gasteiger partial charge in [0, 0.05) is 64.0 Å². The zero-order valence-electron chi connectivity index (χ0n) is 28.0. The number of aromatic nitrogens is 2. The highest BCUT2D eigenvalue weighted by molar-refractivity contribution is 5.95. The largest absolute Gasteiger partial charge is 0.376 e. The van der Waals surface area contributed by atoms with Gasteiger partial charge in [0.05, 0.1) is 23.8 Å². The molecule has 3 saturated heterocycles. The predicted molar refractivity (Wildman–Crippen MR) is 169 cm³/mol. The number of ether oxygens (including phenoxy) is 2. The Kier molecular flexibility index (Phi) is 9.49. The Labute approximate surface area is 272 Å². The predicted octanol–water partition coefficient (Wildman–Crippen LogP) is 2.75. The average molecular weight is 641 g/mol. The Morgan fingerprint density at radius 2 is 1.72 bits per heavy atom. The van der Waals surface area contributed by atoms with Crippen LogP contribution in [-0.2, 0) is 23.9 Å². The first-order valence-corrected chi connectivity index (χ1v) is 17.4. The van der Waals surface area contributed by atoms with Crippen molar-refractivity contribution in [1.29, 1.82) is 0 Å². The molecule has 5 aliphatic rings. The van der Waals surface area contributed by atoms with E-state index in [1.54, 1.807) is 29.0 Å². The highest BCUT2D eigenvalue weighted by Crippen LogP contribution is 2.54. The SMILES string of the molecule is CNC(=O)[C@@H](NC(=O)[C@@H]1CN(C(=O)c2cnn(C3CCCCO3)c2)CC12CN(C(=O)[C@H]1CC1(C)C)C2)[C@@H](C)OCC1CCCCC1. The molecule has 4 heterocycles. The highest BCUT2D eigenvalue weighted by Gasteiger charge is 2.62. The zero-order chi connectivity index (χ0) is 32.6. The summed E-state index contributed by atoms with van der Waals surface area (Å²) in [4.78, 5) is 57.8. The molecule has 12 nitrogen and oxygen atoms in total. The van der Waals surface area contributed by atoms with Crippen LogP contribution in [0.15, 0.2) is 12.4 Å². The maximum atomic E-state index is 14.1. The number of hydrogen-bond donors (Lipinski definition) is 2. The van der Waals surface area contributed by atoms with Gasteiger partial charge in [0.2, 0.25) is 17.7 Å². The topological polar surface area (TPSA) is 135 Å². The average Bonchev–Trinajstić information content (AvgIpc) is 3.38. The van der Waals surface area contributed by atoms with E-state index >= 15 is 0 Å². The van der Waals surface area contributed by atoms with Crippen LogP contribution in [0.3, 0.4) is 0 Å². The van der Waals surface area contributed by atoms with Crippen LogP contribution in [0.1, 0.15) is 95.1 Å². The molecule has 5 fully saturated rings. The first-order chi connectivity index (χ1) is 22.0. The van der Waals surface area contributed by atoms with E-state index in [1.165, 1.54) is 19.3 Å². The minimum atomic E-state index is -0.873. The summed E-state index contributed by atoms with van der Waals surface area (Å²) in [6.45, 7) is 8.65. The number of hydrogen-bond acceptors (Lipinski definition) is 7. The minimum absolute atomic E-state index is 0.00361. The molecule has 1 aromatic rings. The molecular weight excluding hydrogens is 588 g/mol. The summed E-state index contributed by atoms with van der Waals surface area (Å²) >= 11 is 0. The van der Waals surface area contributed by atoms with Gasteiger partial charge >= 0.3 is 0 Å². The number of carbonyl (C=O) groups is 4. The molecule has 46 heavy (non-hydrogen) atoms. The van der Waals surface area contributed by atoms with Crippen molar-refractivity contribution >= 4 is 23.6 Å². The van der Waals surface area contributed by atoms with Crippen molar-refractivity contribution in [2.45, 2.75) is 96.9 Å². The van der Waals surface area contributed by atoms with E-state index < -0.39 is 23.5 Å². The maximum Gasteiger partial charge on any atom is 0.257 e. The van der Waals surface area contributed by atoms with E-state index in [-0.39, 0.29) is 47.7 Å².